The van der Waals surface area contributed by atoms with Crippen molar-refractivity contribution in [2.45, 2.75) is 26.4 Å². The van der Waals surface area contributed by atoms with E-state index >= 15 is 0 Å². The number of hydrogen-bond acceptors (Lipinski definition) is 3. The summed E-state index contributed by atoms with van der Waals surface area (Å²) < 4.78 is 5.95. The molecule has 3 nitrogen and oxygen atoms in total. The molecule has 0 spiro atoms. The monoisotopic (exact) mass is 264 g/mol. The lowest BCUT2D eigenvalue weighted by atomic mass is 10.1. The molecule has 1 aromatic rings. The van der Waals surface area contributed by atoms with Gasteiger partial charge >= 0.3 is 0 Å². The Hall–Kier alpha value is -1.13. The second kappa shape index (κ2) is 5.67. The van der Waals surface area contributed by atoms with Gasteiger partial charge in [-0.15, -0.1) is 0 Å². The topological polar surface area (TPSA) is 38.5 Å². The summed E-state index contributed by atoms with van der Waals surface area (Å²) in [5, 5.41) is 0. The van der Waals surface area contributed by atoms with E-state index in [2.05, 4.69) is 36.9 Å². The smallest absolute Gasteiger partial charge is 0.123 e. The van der Waals surface area contributed by atoms with Gasteiger partial charge in [0.2, 0.25) is 0 Å². The molecule has 1 aliphatic rings. The molecule has 0 aromatic heterocycles. The summed E-state index contributed by atoms with van der Waals surface area (Å²) in [5.74, 6) is 1.02. The number of rotatable bonds is 5. The second-order valence-electron chi connectivity index (χ2n) is 4.85. The lowest BCUT2D eigenvalue weighted by Gasteiger charge is -2.23. The highest BCUT2D eigenvalue weighted by atomic mass is 32.1. The third kappa shape index (κ3) is 3.21. The van der Waals surface area contributed by atoms with E-state index in [1.165, 1.54) is 11.1 Å². The zero-order valence-corrected chi connectivity index (χ0v) is 11.8. The minimum atomic E-state index is 0.219. The molecule has 2 N–H and O–H groups in total. The van der Waals surface area contributed by atoms with Crippen LogP contribution in [0.25, 0.3) is 0 Å². The third-order valence-electron chi connectivity index (χ3n) is 3.25. The number of ether oxygens (including phenoxy) is 1. The predicted octanol–water partition coefficient (Wildman–Crippen LogP) is 1.91. The molecule has 1 aliphatic heterocycles. The van der Waals surface area contributed by atoms with Crippen LogP contribution in [0.5, 0.6) is 5.75 Å². The van der Waals surface area contributed by atoms with E-state index in [0.717, 1.165) is 25.3 Å². The average molecular weight is 264 g/mol. The molecule has 1 aromatic carbocycles. The van der Waals surface area contributed by atoms with Gasteiger partial charge in [0, 0.05) is 19.5 Å². The third-order valence-corrected chi connectivity index (χ3v) is 3.37. The number of thiocarbonyl (C=S) groups is 1. The number of fused-ring (bicyclic) bond motifs is 1. The van der Waals surface area contributed by atoms with Crippen LogP contribution in [-0.2, 0) is 6.42 Å². The molecule has 0 saturated carbocycles. The highest BCUT2D eigenvalue weighted by Crippen LogP contribution is 2.29. The van der Waals surface area contributed by atoms with Gasteiger partial charge in [0.1, 0.15) is 11.9 Å². The quantitative estimate of drug-likeness (QED) is 0.825. The van der Waals surface area contributed by atoms with E-state index in [-0.39, 0.29) is 6.10 Å². The van der Waals surface area contributed by atoms with Gasteiger partial charge in [-0.25, -0.2) is 0 Å². The van der Waals surface area contributed by atoms with Crippen molar-refractivity contribution in [1.82, 2.24) is 4.90 Å². The molecule has 4 heteroatoms. The minimum absolute atomic E-state index is 0.219. The Morgan fingerprint density at radius 3 is 3.00 bits per heavy atom. The first kappa shape index (κ1) is 13.3. The van der Waals surface area contributed by atoms with E-state index in [9.17, 15) is 0 Å². The average Bonchev–Trinajstić information content (AvgIpc) is 2.68. The second-order valence-corrected chi connectivity index (χ2v) is 5.37. The molecule has 1 heterocycles. The number of hydrogen-bond donors (Lipinski definition) is 1. The number of aryl methyl sites for hydroxylation is 1. The Balaban J connectivity index is 1.96. The predicted molar refractivity (Wildman–Crippen MR) is 78.2 cm³/mol. The maximum absolute atomic E-state index is 5.95. The largest absolute Gasteiger partial charge is 0.488 e. The number of nitrogens with zero attached hydrogens (tertiary/aromatic N) is 1. The van der Waals surface area contributed by atoms with E-state index in [1.54, 1.807) is 0 Å². The fourth-order valence-electron chi connectivity index (χ4n) is 2.36. The first-order valence-electron chi connectivity index (χ1n) is 6.35. The van der Waals surface area contributed by atoms with E-state index < -0.39 is 0 Å². The zero-order valence-electron chi connectivity index (χ0n) is 11.0. The first-order valence-corrected chi connectivity index (χ1v) is 6.76. The van der Waals surface area contributed by atoms with Crippen LogP contribution in [0.1, 0.15) is 18.1 Å². The Morgan fingerprint density at radius 2 is 2.33 bits per heavy atom. The van der Waals surface area contributed by atoms with Crippen molar-refractivity contribution in [3.8, 4) is 5.75 Å². The number of nitrogens with two attached hydrogens (primary N) is 1. The van der Waals surface area contributed by atoms with Gasteiger partial charge in [-0.3, -0.25) is 4.90 Å². The summed E-state index contributed by atoms with van der Waals surface area (Å²) >= 11 is 4.96. The molecule has 0 radical (unpaired) electrons. The van der Waals surface area contributed by atoms with Crippen LogP contribution >= 0.6 is 12.2 Å². The van der Waals surface area contributed by atoms with Gasteiger partial charge in [0.25, 0.3) is 0 Å². The van der Waals surface area contributed by atoms with Crippen LogP contribution in [0, 0.1) is 6.92 Å². The molecular weight excluding hydrogens is 244 g/mol. The van der Waals surface area contributed by atoms with Crippen LogP contribution in [0.2, 0.25) is 0 Å². The Labute approximate surface area is 114 Å². The molecule has 0 amide bonds. The summed E-state index contributed by atoms with van der Waals surface area (Å²) in [4.78, 5) is 2.77. The van der Waals surface area contributed by atoms with Crippen LogP contribution in [-0.4, -0.2) is 35.6 Å². The van der Waals surface area contributed by atoms with Crippen molar-refractivity contribution in [2.24, 2.45) is 5.73 Å². The summed E-state index contributed by atoms with van der Waals surface area (Å²) in [6.07, 6.45) is 1.20. The number of likely N-dealkylation sites (N-methyl/N-ethyl adjacent to an activating group) is 1. The molecule has 98 valence electrons. The Morgan fingerprint density at radius 1 is 1.56 bits per heavy atom. The van der Waals surface area contributed by atoms with Gasteiger partial charge in [-0.05, 0) is 25.1 Å². The molecule has 0 fully saturated rings. The molecule has 18 heavy (non-hydrogen) atoms. The van der Waals surface area contributed by atoms with Crippen molar-refractivity contribution < 1.29 is 4.74 Å². The van der Waals surface area contributed by atoms with Gasteiger partial charge in [0.15, 0.2) is 0 Å². The summed E-state index contributed by atoms with van der Waals surface area (Å²) in [6, 6.07) is 6.36. The van der Waals surface area contributed by atoms with Crippen molar-refractivity contribution >= 4 is 17.2 Å². The molecule has 0 saturated heterocycles. The van der Waals surface area contributed by atoms with Crippen molar-refractivity contribution in [2.75, 3.05) is 19.6 Å². The molecule has 0 bridgehead atoms. The molecule has 1 unspecified atom stereocenters. The summed E-state index contributed by atoms with van der Waals surface area (Å²) in [7, 11) is 0. The van der Waals surface area contributed by atoms with E-state index in [4.69, 9.17) is 22.7 Å². The van der Waals surface area contributed by atoms with Crippen molar-refractivity contribution in [3.05, 3.63) is 29.3 Å². The lowest BCUT2D eigenvalue weighted by Crippen LogP contribution is -2.39. The van der Waals surface area contributed by atoms with Gasteiger partial charge in [-0.2, -0.15) is 0 Å². The van der Waals surface area contributed by atoms with E-state index in [0.29, 0.717) is 11.5 Å². The molecular formula is C14H20N2OS. The first-order chi connectivity index (χ1) is 8.58. The molecule has 0 aliphatic carbocycles. The Bertz CT molecular complexity index is 447. The highest BCUT2D eigenvalue weighted by molar-refractivity contribution is 7.80. The van der Waals surface area contributed by atoms with Crippen LogP contribution in [0.15, 0.2) is 18.2 Å². The van der Waals surface area contributed by atoms with E-state index in [1.807, 2.05) is 0 Å². The van der Waals surface area contributed by atoms with Crippen molar-refractivity contribution in [1.29, 1.82) is 0 Å². The number of benzene rings is 1. The normalized spacial score (nSPS) is 17.6. The SMILES string of the molecule is CCN(CC(N)=S)CC1Cc2cc(C)ccc2O1. The van der Waals surface area contributed by atoms with Crippen molar-refractivity contribution in [3.63, 3.8) is 0 Å². The standard InChI is InChI=1S/C14H20N2OS/c1-3-16(9-14(15)18)8-12-7-11-6-10(2)4-5-13(11)17-12/h4-6,12H,3,7-9H2,1-2H3,(H2,15,18). The fourth-order valence-corrected chi connectivity index (χ4v) is 2.55. The Kier molecular flexibility index (Phi) is 4.19. The van der Waals surface area contributed by atoms with Gasteiger partial charge < -0.3 is 10.5 Å². The highest BCUT2D eigenvalue weighted by Gasteiger charge is 2.24. The van der Waals surface area contributed by atoms with Crippen LogP contribution in [0.4, 0.5) is 0 Å². The fraction of sp³-hybridized carbons (Fsp3) is 0.500. The maximum atomic E-state index is 5.95. The minimum Gasteiger partial charge on any atom is -0.488 e. The molecule has 1 atom stereocenters. The summed E-state index contributed by atoms with van der Waals surface area (Å²) in [6.45, 7) is 6.71. The zero-order chi connectivity index (χ0) is 13.1. The van der Waals surface area contributed by atoms with Gasteiger partial charge in [-0.1, -0.05) is 36.8 Å². The molecule has 2 rings (SSSR count). The van der Waals surface area contributed by atoms with Crippen LogP contribution in [0.3, 0.4) is 0 Å². The van der Waals surface area contributed by atoms with Gasteiger partial charge in [0.05, 0.1) is 4.99 Å². The maximum Gasteiger partial charge on any atom is 0.123 e. The lowest BCUT2D eigenvalue weighted by molar-refractivity contribution is 0.166. The van der Waals surface area contributed by atoms with Crippen LogP contribution < -0.4 is 10.5 Å². The summed E-state index contributed by atoms with van der Waals surface area (Å²) in [5.41, 5.74) is 8.19.